The number of hydrogen-bond acceptors (Lipinski definition) is 4. The van der Waals surface area contributed by atoms with Crippen LogP contribution in [0.2, 0.25) is 0 Å². The summed E-state index contributed by atoms with van der Waals surface area (Å²) in [7, 11) is 1.34. The average molecular weight is 193 g/mol. The minimum atomic E-state index is -0.316. The van der Waals surface area contributed by atoms with Crippen molar-refractivity contribution in [3.05, 3.63) is 35.4 Å². The Labute approximate surface area is 81.8 Å². The van der Waals surface area contributed by atoms with E-state index in [1.54, 1.807) is 18.2 Å². The van der Waals surface area contributed by atoms with Crippen molar-refractivity contribution in [3.8, 4) is 0 Å². The second-order valence-corrected chi connectivity index (χ2v) is 2.70. The maximum atomic E-state index is 11.0. The molecule has 14 heavy (non-hydrogen) atoms. The molecule has 1 aromatic carbocycles. The Morgan fingerprint density at radius 2 is 2.29 bits per heavy atom. The van der Waals surface area contributed by atoms with Gasteiger partial charge in [-0.25, -0.2) is 0 Å². The Hall–Kier alpha value is -1.84. The van der Waals surface area contributed by atoms with Gasteiger partial charge in [0.2, 0.25) is 0 Å². The normalized spacial score (nSPS) is 10.4. The molecule has 0 spiro atoms. The van der Waals surface area contributed by atoms with Crippen LogP contribution in [0.15, 0.2) is 29.4 Å². The lowest BCUT2D eigenvalue weighted by Gasteiger charge is -2.02. The minimum Gasteiger partial charge on any atom is -0.469 e. The number of carbonyl (C=O) groups is 1. The van der Waals surface area contributed by atoms with Crippen LogP contribution in [0.5, 0.6) is 0 Å². The molecule has 74 valence electrons. The molecule has 0 aromatic heterocycles. The van der Waals surface area contributed by atoms with Crippen LogP contribution in [0.4, 0.5) is 0 Å². The number of carbonyl (C=O) groups excluding carboxylic acids is 1. The summed E-state index contributed by atoms with van der Waals surface area (Å²) in [6, 6.07) is 7.16. The zero-order valence-corrected chi connectivity index (χ0v) is 7.80. The first-order chi connectivity index (χ1) is 6.77. The molecule has 0 saturated heterocycles. The number of nitrogens with zero attached hydrogens (tertiary/aromatic N) is 1. The topological polar surface area (TPSA) is 58.9 Å². The van der Waals surface area contributed by atoms with E-state index in [-0.39, 0.29) is 12.4 Å². The molecule has 4 heteroatoms. The number of benzene rings is 1. The Balaban J connectivity index is 2.89. The third kappa shape index (κ3) is 2.58. The minimum absolute atomic E-state index is 0.179. The van der Waals surface area contributed by atoms with Crippen LogP contribution in [-0.2, 0) is 16.0 Å². The molecule has 1 aromatic rings. The SMILES string of the molecule is COC(=O)Cc1ccccc1C=NO. The fourth-order valence-corrected chi connectivity index (χ4v) is 1.11. The van der Waals surface area contributed by atoms with Gasteiger partial charge in [-0.05, 0) is 11.1 Å². The van der Waals surface area contributed by atoms with Crippen molar-refractivity contribution in [1.82, 2.24) is 0 Å². The summed E-state index contributed by atoms with van der Waals surface area (Å²) in [5.74, 6) is -0.316. The lowest BCUT2D eigenvalue weighted by Crippen LogP contribution is -2.06. The fourth-order valence-electron chi connectivity index (χ4n) is 1.11. The Kier molecular flexibility index (Phi) is 3.67. The summed E-state index contributed by atoms with van der Waals surface area (Å²) in [6.45, 7) is 0. The Bertz CT molecular complexity index is 347. The van der Waals surface area contributed by atoms with Crippen LogP contribution in [0.1, 0.15) is 11.1 Å². The third-order valence-corrected chi connectivity index (χ3v) is 1.81. The zero-order chi connectivity index (χ0) is 10.4. The van der Waals surface area contributed by atoms with Gasteiger partial charge in [-0.1, -0.05) is 29.4 Å². The molecule has 0 unspecified atom stereocenters. The predicted molar refractivity (Wildman–Crippen MR) is 51.5 cm³/mol. The molecular formula is C10H11NO3. The second kappa shape index (κ2) is 5.01. The second-order valence-electron chi connectivity index (χ2n) is 2.70. The summed E-state index contributed by atoms with van der Waals surface area (Å²) in [4.78, 5) is 11.0. The van der Waals surface area contributed by atoms with Gasteiger partial charge in [0.1, 0.15) is 0 Å². The average Bonchev–Trinajstić information content (AvgIpc) is 2.21. The van der Waals surface area contributed by atoms with E-state index in [1.807, 2.05) is 6.07 Å². The fraction of sp³-hybridized carbons (Fsp3) is 0.200. The molecule has 0 aliphatic rings. The van der Waals surface area contributed by atoms with Crippen molar-refractivity contribution in [2.75, 3.05) is 7.11 Å². The van der Waals surface area contributed by atoms with Crippen molar-refractivity contribution in [2.45, 2.75) is 6.42 Å². The van der Waals surface area contributed by atoms with Crippen LogP contribution in [-0.4, -0.2) is 24.5 Å². The number of oxime groups is 1. The van der Waals surface area contributed by atoms with E-state index in [0.717, 1.165) is 5.56 Å². The van der Waals surface area contributed by atoms with Gasteiger partial charge in [0, 0.05) is 0 Å². The number of methoxy groups -OCH3 is 1. The first-order valence-electron chi connectivity index (χ1n) is 4.10. The monoisotopic (exact) mass is 193 g/mol. The number of ether oxygens (including phenoxy) is 1. The lowest BCUT2D eigenvalue weighted by atomic mass is 10.1. The van der Waals surface area contributed by atoms with Gasteiger partial charge in [-0.2, -0.15) is 0 Å². The van der Waals surface area contributed by atoms with Crippen molar-refractivity contribution in [3.63, 3.8) is 0 Å². The highest BCUT2D eigenvalue weighted by Crippen LogP contribution is 2.07. The molecule has 0 saturated carbocycles. The summed E-state index contributed by atoms with van der Waals surface area (Å²) in [5, 5.41) is 11.3. The molecule has 0 heterocycles. The van der Waals surface area contributed by atoms with Gasteiger partial charge in [0.05, 0.1) is 19.7 Å². The van der Waals surface area contributed by atoms with E-state index in [4.69, 9.17) is 5.21 Å². The molecule has 0 radical (unpaired) electrons. The molecule has 4 nitrogen and oxygen atoms in total. The summed E-state index contributed by atoms with van der Waals surface area (Å²) >= 11 is 0. The predicted octanol–water partition coefficient (Wildman–Crippen LogP) is 1.21. The highest BCUT2D eigenvalue weighted by Gasteiger charge is 2.05. The van der Waals surface area contributed by atoms with Gasteiger partial charge < -0.3 is 9.94 Å². The molecule has 0 amide bonds. The van der Waals surface area contributed by atoms with E-state index < -0.39 is 0 Å². The first kappa shape index (κ1) is 10.2. The largest absolute Gasteiger partial charge is 0.469 e. The molecule has 0 bridgehead atoms. The van der Waals surface area contributed by atoms with Gasteiger partial charge in [-0.3, -0.25) is 4.79 Å². The quantitative estimate of drug-likeness (QED) is 0.340. The highest BCUT2D eigenvalue weighted by molar-refractivity contribution is 5.84. The summed E-state index contributed by atoms with van der Waals surface area (Å²) < 4.78 is 4.54. The van der Waals surface area contributed by atoms with Crippen LogP contribution >= 0.6 is 0 Å². The maximum absolute atomic E-state index is 11.0. The first-order valence-corrected chi connectivity index (χ1v) is 4.10. The molecule has 1 rings (SSSR count). The van der Waals surface area contributed by atoms with Crippen molar-refractivity contribution in [2.24, 2.45) is 5.16 Å². The summed E-state index contributed by atoms with van der Waals surface area (Å²) in [6.07, 6.45) is 1.47. The van der Waals surface area contributed by atoms with Gasteiger partial charge in [0.25, 0.3) is 0 Å². The van der Waals surface area contributed by atoms with Crippen molar-refractivity contribution >= 4 is 12.2 Å². The van der Waals surface area contributed by atoms with Gasteiger partial charge >= 0.3 is 5.97 Å². The van der Waals surface area contributed by atoms with Crippen LogP contribution < -0.4 is 0 Å². The molecule has 1 N–H and O–H groups in total. The standard InChI is InChI=1S/C10H11NO3/c1-14-10(12)6-8-4-2-3-5-9(8)7-11-13/h2-5,7,13H,6H2,1H3. The van der Waals surface area contributed by atoms with Crippen LogP contribution in [0, 0.1) is 0 Å². The summed E-state index contributed by atoms with van der Waals surface area (Å²) in [5.41, 5.74) is 1.48. The molecule has 0 aliphatic carbocycles. The highest BCUT2D eigenvalue weighted by atomic mass is 16.5. The zero-order valence-electron chi connectivity index (χ0n) is 7.80. The smallest absolute Gasteiger partial charge is 0.310 e. The van der Waals surface area contributed by atoms with E-state index in [2.05, 4.69) is 9.89 Å². The van der Waals surface area contributed by atoms with Crippen LogP contribution in [0.3, 0.4) is 0 Å². The number of hydrogen-bond donors (Lipinski definition) is 1. The van der Waals surface area contributed by atoms with E-state index in [0.29, 0.717) is 5.56 Å². The number of esters is 1. The maximum Gasteiger partial charge on any atom is 0.310 e. The van der Waals surface area contributed by atoms with Gasteiger partial charge in [0.15, 0.2) is 0 Å². The van der Waals surface area contributed by atoms with Crippen molar-refractivity contribution < 1.29 is 14.7 Å². The molecule has 0 fully saturated rings. The molecule has 0 atom stereocenters. The number of rotatable bonds is 3. The van der Waals surface area contributed by atoms with Crippen LogP contribution in [0.25, 0.3) is 0 Å². The Morgan fingerprint density at radius 3 is 2.93 bits per heavy atom. The third-order valence-electron chi connectivity index (χ3n) is 1.81. The molecule has 0 aliphatic heterocycles. The lowest BCUT2D eigenvalue weighted by molar-refractivity contribution is -0.139. The molecular weight excluding hydrogens is 182 g/mol. The van der Waals surface area contributed by atoms with E-state index in [1.165, 1.54) is 13.3 Å². The van der Waals surface area contributed by atoms with Gasteiger partial charge in [-0.15, -0.1) is 0 Å². The van der Waals surface area contributed by atoms with E-state index >= 15 is 0 Å². The van der Waals surface area contributed by atoms with E-state index in [9.17, 15) is 4.79 Å². The Morgan fingerprint density at radius 1 is 1.57 bits per heavy atom. The van der Waals surface area contributed by atoms with Crippen molar-refractivity contribution in [1.29, 1.82) is 0 Å².